The van der Waals surface area contributed by atoms with Crippen molar-refractivity contribution < 1.29 is 19.4 Å². The van der Waals surface area contributed by atoms with Crippen LogP contribution in [0.3, 0.4) is 0 Å². The molecule has 1 atom stereocenters. The maximum atomic E-state index is 11.1. The predicted molar refractivity (Wildman–Crippen MR) is 48.1 cm³/mol. The summed E-state index contributed by atoms with van der Waals surface area (Å²) in [5, 5.41) is 10.2. The number of carboxylic acid groups (broad SMARTS) is 1. The smallest absolute Gasteiger partial charge is 0.306 e. The second-order valence-electron chi connectivity index (χ2n) is 4.05. The molecule has 0 heterocycles. The number of rotatable bonds is 4. The first-order chi connectivity index (χ1) is 6.22. The minimum absolute atomic E-state index is 0.00752. The van der Waals surface area contributed by atoms with Crippen LogP contribution in [0.25, 0.3) is 0 Å². The van der Waals surface area contributed by atoms with Crippen molar-refractivity contribution in [3.8, 4) is 0 Å². The fraction of sp³-hybridized carbons (Fsp3) is 0.778. The first-order valence-corrected chi connectivity index (χ1v) is 4.40. The average molecular weight is 202 g/mol. The Morgan fingerprint density at radius 3 is 2.29 bits per heavy atom. The van der Waals surface area contributed by atoms with E-state index in [2.05, 4.69) is 0 Å². The van der Waals surface area contributed by atoms with E-state index in [-0.39, 0.29) is 12.8 Å². The predicted octanol–water partition coefficient (Wildman–Crippen LogP) is -0.814. The number of esters is 1. The van der Waals surface area contributed by atoms with Crippen molar-refractivity contribution >= 4 is 11.9 Å². The van der Waals surface area contributed by atoms with Crippen LogP contribution >= 0.6 is 0 Å². The monoisotopic (exact) mass is 202 g/mol. The molecule has 0 spiro atoms. The number of carbonyl (C=O) groups excluding carboxylic acids is 2. The second kappa shape index (κ2) is 4.95. The van der Waals surface area contributed by atoms with E-state index < -0.39 is 23.6 Å². The van der Waals surface area contributed by atoms with Crippen LogP contribution in [0.15, 0.2) is 0 Å². The number of hydrogen-bond donors (Lipinski definition) is 1. The third-order valence-corrected chi connectivity index (χ3v) is 1.38. The maximum absolute atomic E-state index is 11.1. The van der Waals surface area contributed by atoms with Crippen LogP contribution in [0.1, 0.15) is 33.6 Å². The van der Waals surface area contributed by atoms with Crippen LogP contribution in [0.5, 0.6) is 0 Å². The summed E-state index contributed by atoms with van der Waals surface area (Å²) in [6, 6.07) is -1.11. The van der Waals surface area contributed by atoms with Crippen LogP contribution in [-0.2, 0) is 14.3 Å². The molecule has 0 aliphatic rings. The Hall–Kier alpha value is -1.10. The van der Waals surface area contributed by atoms with Gasteiger partial charge < -0.3 is 20.4 Å². The Balaban J connectivity index is 3.81. The summed E-state index contributed by atoms with van der Waals surface area (Å²) in [7, 11) is 0. The molecule has 0 aliphatic heterocycles. The summed E-state index contributed by atoms with van der Waals surface area (Å²) >= 11 is 0. The minimum Gasteiger partial charge on any atom is -0.548 e. The molecular weight excluding hydrogens is 186 g/mol. The normalized spacial score (nSPS) is 13.4. The zero-order chi connectivity index (χ0) is 11.4. The molecule has 0 saturated carbocycles. The van der Waals surface area contributed by atoms with Crippen LogP contribution in [-0.4, -0.2) is 23.6 Å². The van der Waals surface area contributed by atoms with Gasteiger partial charge in [-0.25, -0.2) is 0 Å². The Morgan fingerprint density at radius 1 is 1.43 bits per heavy atom. The van der Waals surface area contributed by atoms with Gasteiger partial charge >= 0.3 is 5.97 Å². The minimum atomic E-state index is -1.35. The van der Waals surface area contributed by atoms with Crippen LogP contribution in [0.2, 0.25) is 0 Å². The molecular formula is C9H16NO4-. The third kappa shape index (κ3) is 6.42. The highest BCUT2D eigenvalue weighted by Gasteiger charge is 2.16. The largest absolute Gasteiger partial charge is 0.548 e. The highest BCUT2D eigenvalue weighted by Crippen LogP contribution is 2.09. The van der Waals surface area contributed by atoms with Gasteiger partial charge in [0.25, 0.3) is 0 Å². The van der Waals surface area contributed by atoms with Gasteiger partial charge in [-0.05, 0) is 27.2 Å². The van der Waals surface area contributed by atoms with Crippen molar-refractivity contribution in [1.29, 1.82) is 0 Å². The molecule has 5 nitrogen and oxygen atoms in total. The van der Waals surface area contributed by atoms with Crippen molar-refractivity contribution in [2.45, 2.75) is 45.3 Å². The van der Waals surface area contributed by atoms with Gasteiger partial charge in [-0.2, -0.15) is 0 Å². The summed E-state index contributed by atoms with van der Waals surface area (Å²) in [4.78, 5) is 21.3. The van der Waals surface area contributed by atoms with Crippen molar-refractivity contribution in [2.75, 3.05) is 0 Å². The van der Waals surface area contributed by atoms with Crippen molar-refractivity contribution in [2.24, 2.45) is 5.73 Å². The van der Waals surface area contributed by atoms with Gasteiger partial charge in [0, 0.05) is 12.5 Å². The molecule has 82 valence electrons. The van der Waals surface area contributed by atoms with Crippen molar-refractivity contribution in [3.05, 3.63) is 0 Å². The number of carbonyl (C=O) groups is 2. The van der Waals surface area contributed by atoms with Crippen molar-refractivity contribution in [1.82, 2.24) is 0 Å². The van der Waals surface area contributed by atoms with Crippen LogP contribution in [0, 0.1) is 0 Å². The molecule has 14 heavy (non-hydrogen) atoms. The molecule has 0 rings (SSSR count). The summed E-state index contributed by atoms with van der Waals surface area (Å²) in [5.74, 6) is -1.80. The Morgan fingerprint density at radius 2 is 1.93 bits per heavy atom. The number of nitrogens with two attached hydrogens (primary N) is 1. The number of ether oxygens (including phenoxy) is 1. The molecule has 0 amide bonds. The molecule has 0 radical (unpaired) electrons. The highest BCUT2D eigenvalue weighted by molar-refractivity contribution is 5.74. The molecule has 0 unspecified atom stereocenters. The molecule has 0 saturated heterocycles. The number of hydrogen-bond acceptors (Lipinski definition) is 5. The summed E-state index contributed by atoms with van der Waals surface area (Å²) < 4.78 is 4.96. The van der Waals surface area contributed by atoms with E-state index in [4.69, 9.17) is 10.5 Å². The van der Waals surface area contributed by atoms with Crippen LogP contribution in [0.4, 0.5) is 0 Å². The summed E-state index contributed by atoms with van der Waals surface area (Å²) in [6.45, 7) is 5.22. The zero-order valence-electron chi connectivity index (χ0n) is 8.70. The Labute approximate surface area is 83.2 Å². The molecule has 0 aromatic carbocycles. The fourth-order valence-electron chi connectivity index (χ4n) is 0.784. The molecule has 5 heteroatoms. The molecule has 0 bridgehead atoms. The lowest BCUT2D eigenvalue weighted by atomic mass is 10.1. The number of aliphatic carboxylic acids is 1. The van der Waals surface area contributed by atoms with E-state index in [0.717, 1.165) is 0 Å². The SMILES string of the molecule is CC(C)(C)OC(=O)CC[C@@H](N)C(=O)[O-]. The van der Waals surface area contributed by atoms with E-state index in [1.165, 1.54) is 0 Å². The first-order valence-electron chi connectivity index (χ1n) is 4.40. The maximum Gasteiger partial charge on any atom is 0.306 e. The fourth-order valence-corrected chi connectivity index (χ4v) is 0.784. The third-order valence-electron chi connectivity index (χ3n) is 1.38. The molecule has 0 aromatic rings. The van der Waals surface area contributed by atoms with Gasteiger partial charge in [-0.1, -0.05) is 0 Å². The lowest BCUT2D eigenvalue weighted by Gasteiger charge is -2.20. The summed E-state index contributed by atoms with van der Waals surface area (Å²) in [5.41, 5.74) is 4.61. The van der Waals surface area contributed by atoms with E-state index in [1.807, 2.05) is 0 Å². The summed E-state index contributed by atoms with van der Waals surface area (Å²) in [6.07, 6.45) is 0.0314. The molecule has 0 aliphatic carbocycles. The van der Waals surface area contributed by atoms with E-state index in [1.54, 1.807) is 20.8 Å². The molecule has 0 aromatic heterocycles. The molecule has 0 fully saturated rings. The van der Waals surface area contributed by atoms with E-state index >= 15 is 0 Å². The molecule has 2 N–H and O–H groups in total. The van der Waals surface area contributed by atoms with Gasteiger partial charge in [0.1, 0.15) is 5.60 Å². The standard InChI is InChI=1S/C9H17NO4/c1-9(2,3)14-7(11)5-4-6(10)8(12)13/h6H,4-5,10H2,1-3H3,(H,12,13)/p-1/t6-/m1/s1. The van der Waals surface area contributed by atoms with Crippen LogP contribution < -0.4 is 10.8 Å². The van der Waals surface area contributed by atoms with Gasteiger partial charge in [-0.15, -0.1) is 0 Å². The number of carboxylic acids is 1. The van der Waals surface area contributed by atoms with Gasteiger partial charge in [0.2, 0.25) is 0 Å². The van der Waals surface area contributed by atoms with E-state index in [0.29, 0.717) is 0 Å². The Bertz CT molecular complexity index is 219. The van der Waals surface area contributed by atoms with E-state index in [9.17, 15) is 14.7 Å². The first kappa shape index (κ1) is 12.9. The highest BCUT2D eigenvalue weighted by atomic mass is 16.6. The van der Waals surface area contributed by atoms with Gasteiger partial charge in [0.05, 0.1) is 5.97 Å². The topological polar surface area (TPSA) is 92.5 Å². The van der Waals surface area contributed by atoms with Gasteiger partial charge in [-0.3, -0.25) is 4.79 Å². The van der Waals surface area contributed by atoms with Crippen molar-refractivity contribution in [3.63, 3.8) is 0 Å². The van der Waals surface area contributed by atoms with Gasteiger partial charge in [0.15, 0.2) is 0 Å². The lowest BCUT2D eigenvalue weighted by molar-refractivity contribution is -0.307. The quantitative estimate of drug-likeness (QED) is 0.601. The zero-order valence-corrected chi connectivity index (χ0v) is 8.70. The lowest BCUT2D eigenvalue weighted by Crippen LogP contribution is -2.42. The second-order valence-corrected chi connectivity index (χ2v) is 4.05. The average Bonchev–Trinajstić information content (AvgIpc) is 1.96. The Kier molecular flexibility index (Phi) is 4.56.